The van der Waals surface area contributed by atoms with Crippen LogP contribution < -0.4 is 26.4 Å². The summed E-state index contributed by atoms with van der Waals surface area (Å²) < 4.78 is 16.4. The monoisotopic (exact) mass is 402 g/mol. The third-order valence-corrected chi connectivity index (χ3v) is 4.50. The number of ether oxygens (including phenoxy) is 2. The van der Waals surface area contributed by atoms with Gasteiger partial charge in [0.05, 0.1) is 18.1 Å². The van der Waals surface area contributed by atoms with E-state index in [4.69, 9.17) is 25.4 Å². The molecule has 4 N–H and O–H groups in total. The third-order valence-electron chi connectivity index (χ3n) is 4.50. The van der Waals surface area contributed by atoms with Crippen molar-refractivity contribution in [2.75, 3.05) is 18.6 Å². The number of nitrogens with two attached hydrogens (primary N) is 2. The molecule has 0 spiro atoms. The Kier molecular flexibility index (Phi) is 4.85. The van der Waals surface area contributed by atoms with E-state index in [1.165, 1.54) is 25.3 Å². The summed E-state index contributed by atoms with van der Waals surface area (Å²) in [5.74, 6) is 0.736. The second-order valence-corrected chi connectivity index (χ2v) is 6.64. The molecule has 0 atom stereocenters. The molecule has 4 rings (SSSR count). The van der Waals surface area contributed by atoms with Crippen molar-refractivity contribution in [3.63, 3.8) is 0 Å². The fraction of sp³-hybridized carbons (Fsp3) is 0.0435. The van der Waals surface area contributed by atoms with Crippen LogP contribution in [0.5, 0.6) is 11.5 Å². The van der Waals surface area contributed by atoms with Gasteiger partial charge in [-0.15, -0.1) is 0 Å². The minimum Gasteiger partial charge on any atom is -0.497 e. The molecule has 0 aliphatic rings. The highest BCUT2D eigenvalue weighted by Crippen LogP contribution is 2.26. The zero-order valence-electron chi connectivity index (χ0n) is 16.0. The van der Waals surface area contributed by atoms with Crippen molar-refractivity contribution in [1.82, 2.24) is 0 Å². The predicted octanol–water partition coefficient (Wildman–Crippen LogP) is 3.85. The Balaban J connectivity index is 1.59. The van der Waals surface area contributed by atoms with Crippen molar-refractivity contribution in [1.29, 1.82) is 0 Å². The first-order chi connectivity index (χ1) is 14.4. The lowest BCUT2D eigenvalue weighted by atomic mass is 10.1. The number of carbonyl (C=O) groups is 1. The van der Waals surface area contributed by atoms with Crippen LogP contribution in [0.1, 0.15) is 10.4 Å². The smallest absolute Gasteiger partial charge is 0.343 e. The molecular formula is C23H18N2O5. The van der Waals surface area contributed by atoms with Gasteiger partial charge in [-0.3, -0.25) is 4.79 Å². The van der Waals surface area contributed by atoms with Crippen molar-refractivity contribution >= 4 is 28.3 Å². The van der Waals surface area contributed by atoms with E-state index in [-0.39, 0.29) is 11.0 Å². The number of rotatable bonds is 4. The van der Waals surface area contributed by atoms with Gasteiger partial charge in [0, 0.05) is 23.0 Å². The van der Waals surface area contributed by atoms with E-state index in [0.717, 1.165) is 0 Å². The Labute approximate surface area is 171 Å². The molecule has 1 heterocycles. The number of carbonyl (C=O) groups excluding carboxylic acids is 1. The number of fused-ring (bicyclic) bond motifs is 1. The second-order valence-electron chi connectivity index (χ2n) is 6.64. The van der Waals surface area contributed by atoms with Gasteiger partial charge in [-0.1, -0.05) is 0 Å². The number of benzene rings is 3. The van der Waals surface area contributed by atoms with Crippen molar-refractivity contribution in [3.8, 4) is 22.8 Å². The molecule has 7 heteroatoms. The topological polar surface area (TPSA) is 118 Å². The van der Waals surface area contributed by atoms with Crippen molar-refractivity contribution < 1.29 is 18.7 Å². The molecule has 3 aromatic carbocycles. The van der Waals surface area contributed by atoms with Crippen LogP contribution in [0.15, 0.2) is 75.9 Å². The highest BCUT2D eigenvalue weighted by molar-refractivity contribution is 5.93. The minimum absolute atomic E-state index is 0.181. The van der Waals surface area contributed by atoms with Crippen LogP contribution in [0.25, 0.3) is 22.3 Å². The Morgan fingerprint density at radius 1 is 0.867 bits per heavy atom. The first-order valence-electron chi connectivity index (χ1n) is 9.03. The SMILES string of the molecule is COc1ccc2oc(-c3ccc(OC(=O)c4cc(N)cc(N)c4)cc3)cc(=O)c2c1. The molecule has 0 saturated heterocycles. The molecule has 30 heavy (non-hydrogen) atoms. The van der Waals surface area contributed by atoms with Gasteiger partial charge < -0.3 is 25.4 Å². The van der Waals surface area contributed by atoms with Crippen LogP contribution in [0.4, 0.5) is 11.4 Å². The molecule has 0 bridgehead atoms. The van der Waals surface area contributed by atoms with E-state index < -0.39 is 5.97 Å². The highest BCUT2D eigenvalue weighted by atomic mass is 16.5. The number of anilines is 2. The summed E-state index contributed by atoms with van der Waals surface area (Å²) in [6, 6.07) is 17.6. The van der Waals surface area contributed by atoms with Crippen LogP contribution in [0.3, 0.4) is 0 Å². The largest absolute Gasteiger partial charge is 0.497 e. The van der Waals surface area contributed by atoms with Crippen LogP contribution in [0, 0.1) is 0 Å². The normalized spacial score (nSPS) is 10.7. The van der Waals surface area contributed by atoms with Crippen LogP contribution in [0.2, 0.25) is 0 Å². The summed E-state index contributed by atoms with van der Waals surface area (Å²) in [5, 5.41) is 0.435. The summed E-state index contributed by atoms with van der Waals surface area (Å²) >= 11 is 0. The van der Waals surface area contributed by atoms with Crippen molar-refractivity contribution in [2.24, 2.45) is 0 Å². The zero-order chi connectivity index (χ0) is 21.3. The number of esters is 1. The minimum atomic E-state index is -0.576. The molecular weight excluding hydrogens is 384 g/mol. The average molecular weight is 402 g/mol. The maximum Gasteiger partial charge on any atom is 0.343 e. The number of nitrogen functional groups attached to an aromatic ring is 2. The first kappa shape index (κ1) is 19.1. The molecule has 0 aliphatic carbocycles. The average Bonchev–Trinajstić information content (AvgIpc) is 2.73. The fourth-order valence-electron chi connectivity index (χ4n) is 3.05. The molecule has 0 amide bonds. The molecule has 0 aliphatic heterocycles. The molecule has 0 radical (unpaired) electrons. The Bertz CT molecular complexity index is 1290. The lowest BCUT2D eigenvalue weighted by Gasteiger charge is -2.08. The van der Waals surface area contributed by atoms with Crippen LogP contribution in [-0.4, -0.2) is 13.1 Å². The summed E-state index contributed by atoms with van der Waals surface area (Å²) in [6.45, 7) is 0. The molecule has 0 unspecified atom stereocenters. The highest BCUT2D eigenvalue weighted by Gasteiger charge is 2.12. The third kappa shape index (κ3) is 3.81. The van der Waals surface area contributed by atoms with Gasteiger partial charge in [0.2, 0.25) is 0 Å². The van der Waals surface area contributed by atoms with E-state index in [9.17, 15) is 9.59 Å². The maximum atomic E-state index is 12.5. The molecule has 4 aromatic rings. The zero-order valence-corrected chi connectivity index (χ0v) is 16.0. The van der Waals surface area contributed by atoms with E-state index in [1.807, 2.05) is 0 Å². The Morgan fingerprint density at radius 2 is 1.53 bits per heavy atom. The molecule has 7 nitrogen and oxygen atoms in total. The van der Waals surface area contributed by atoms with Crippen LogP contribution >= 0.6 is 0 Å². The van der Waals surface area contributed by atoms with E-state index >= 15 is 0 Å². The Morgan fingerprint density at radius 3 is 2.20 bits per heavy atom. The number of hydrogen-bond acceptors (Lipinski definition) is 7. The first-order valence-corrected chi connectivity index (χ1v) is 9.03. The molecule has 0 saturated carbocycles. The lowest BCUT2D eigenvalue weighted by Crippen LogP contribution is -2.09. The van der Waals surface area contributed by atoms with Crippen molar-refractivity contribution in [3.05, 3.63) is 82.5 Å². The van der Waals surface area contributed by atoms with E-state index in [0.29, 0.717) is 45.2 Å². The van der Waals surface area contributed by atoms with Gasteiger partial charge in [0.1, 0.15) is 22.8 Å². The van der Waals surface area contributed by atoms with Gasteiger partial charge in [-0.2, -0.15) is 0 Å². The summed E-state index contributed by atoms with van der Waals surface area (Å²) in [4.78, 5) is 24.8. The van der Waals surface area contributed by atoms with Gasteiger partial charge in [-0.25, -0.2) is 4.79 Å². The van der Waals surface area contributed by atoms with E-state index in [1.54, 1.807) is 48.5 Å². The summed E-state index contributed by atoms with van der Waals surface area (Å²) in [5.41, 5.74) is 13.4. The van der Waals surface area contributed by atoms with Gasteiger partial charge >= 0.3 is 5.97 Å². The second kappa shape index (κ2) is 7.63. The van der Waals surface area contributed by atoms with Gasteiger partial charge in [0.15, 0.2) is 5.43 Å². The van der Waals surface area contributed by atoms with Gasteiger partial charge in [0.25, 0.3) is 0 Å². The predicted molar refractivity (Wildman–Crippen MR) is 115 cm³/mol. The van der Waals surface area contributed by atoms with Crippen LogP contribution in [-0.2, 0) is 0 Å². The maximum absolute atomic E-state index is 12.5. The molecule has 0 fully saturated rings. The standard InChI is InChI=1S/C23H18N2O5/c1-28-18-6-7-21-19(11-18)20(26)12-22(30-21)13-2-4-17(5-3-13)29-23(27)14-8-15(24)10-16(25)9-14/h2-12H,24-25H2,1H3. The number of hydrogen-bond donors (Lipinski definition) is 2. The number of methoxy groups -OCH3 is 1. The fourth-order valence-corrected chi connectivity index (χ4v) is 3.05. The van der Waals surface area contributed by atoms with Gasteiger partial charge in [-0.05, 0) is 60.7 Å². The van der Waals surface area contributed by atoms with Crippen molar-refractivity contribution in [2.45, 2.75) is 0 Å². The van der Waals surface area contributed by atoms with E-state index in [2.05, 4.69) is 0 Å². The summed E-state index contributed by atoms with van der Waals surface area (Å²) in [7, 11) is 1.53. The Hall–Kier alpha value is -4.26. The summed E-state index contributed by atoms with van der Waals surface area (Å²) in [6.07, 6.45) is 0. The lowest BCUT2D eigenvalue weighted by molar-refractivity contribution is 0.0735. The molecule has 1 aromatic heterocycles. The quantitative estimate of drug-likeness (QED) is 0.302. The molecule has 150 valence electrons.